The Morgan fingerprint density at radius 1 is 0.642 bits per heavy atom. The highest BCUT2D eigenvalue weighted by molar-refractivity contribution is 5.97. The summed E-state index contributed by atoms with van der Waals surface area (Å²) in [4.78, 5) is 125. The van der Waals surface area contributed by atoms with Crippen LogP contribution in [-0.4, -0.2) is 147 Å². The van der Waals surface area contributed by atoms with Crippen molar-refractivity contribution in [3.8, 4) is 0 Å². The van der Waals surface area contributed by atoms with Crippen LogP contribution in [0.15, 0.2) is 65.9 Å². The third-order valence-electron chi connectivity index (χ3n) is 10.2. The van der Waals surface area contributed by atoms with Crippen LogP contribution in [0.4, 0.5) is 0 Å². The highest BCUT2D eigenvalue weighted by Crippen LogP contribution is 2.20. The molecule has 2 heterocycles. The number of aliphatic hydroxyl groups is 1. The molecule has 0 radical (unpaired) electrons. The third-order valence-corrected chi connectivity index (χ3v) is 10.2. The summed E-state index contributed by atoms with van der Waals surface area (Å²) in [5.74, 6) is -9.64. The third kappa shape index (κ3) is 15.9. The Bertz CT molecular complexity index is 2470. The van der Waals surface area contributed by atoms with E-state index in [1.165, 1.54) is 6.92 Å². The number of aliphatic carboxylic acids is 2. The van der Waals surface area contributed by atoms with Gasteiger partial charge >= 0.3 is 11.9 Å². The lowest BCUT2D eigenvalue weighted by Crippen LogP contribution is -2.57. The molecule has 0 saturated carbocycles. The van der Waals surface area contributed by atoms with Gasteiger partial charge in [0.25, 0.3) is 0 Å². The molecule has 0 aliphatic carbocycles. The summed E-state index contributed by atoms with van der Waals surface area (Å²) in [6.45, 7) is -0.998. The van der Waals surface area contributed by atoms with Gasteiger partial charge in [0.1, 0.15) is 30.2 Å². The lowest BCUT2D eigenvalue weighted by atomic mass is 10.0. The standard InChI is InChI=1S/C42H55N13O12/c1-21(51-40(65)32(20-56)55-37(62)26(43)13-22-16-47-27-9-4-2-7-24(22)27)36(61)50-18-33(57)49-19-34(58)52-31(15-35(59)60)39(64)54-30(14-23-17-48-28-10-5-3-8-25(23)28)38(63)53-29(41(66)67)11-6-12-46-42(44)45/h2-5,7-10,16-17,21,26,29-32,47-48,56H,6,11-15,18-20,43H2,1H3,(H,49,57)(H,50,61)(H,51,65)(H,52,58)(H,53,63)(H,54,64)(H,55,62)(H,59,60)(H,66,67)(H4,44,45,46)/t21-,26-,29-,30-,31-,32-/m0/s1. The SMILES string of the molecule is C[C@H](NC(=O)[C@H](CO)NC(=O)[C@@H](N)Cc1c[nH]c2ccccc12)C(=O)NCC(=O)NCC(=O)N[C@@H](CC(=O)O)C(=O)N[C@@H](Cc1c[nH]c2ccccc12)C(=O)N[C@@H](CCCN=C(N)N)C(=O)O. The summed E-state index contributed by atoms with van der Waals surface area (Å²) in [6.07, 6.45) is 2.33. The van der Waals surface area contributed by atoms with Crippen LogP contribution in [0.3, 0.4) is 0 Å². The first-order valence-corrected chi connectivity index (χ1v) is 20.9. The Morgan fingerprint density at radius 3 is 1.76 bits per heavy atom. The van der Waals surface area contributed by atoms with E-state index in [-0.39, 0.29) is 38.2 Å². The van der Waals surface area contributed by atoms with Crippen molar-refractivity contribution >= 4 is 81.1 Å². The second-order valence-corrected chi connectivity index (χ2v) is 15.3. The Morgan fingerprint density at radius 2 is 1.18 bits per heavy atom. The number of hydrogen-bond donors (Lipinski definition) is 15. The summed E-state index contributed by atoms with van der Waals surface area (Å²) >= 11 is 0. The van der Waals surface area contributed by atoms with Gasteiger partial charge < -0.3 is 79.7 Å². The largest absolute Gasteiger partial charge is 0.481 e. The predicted molar refractivity (Wildman–Crippen MR) is 240 cm³/mol. The minimum Gasteiger partial charge on any atom is -0.481 e. The van der Waals surface area contributed by atoms with Gasteiger partial charge in [0.15, 0.2) is 5.96 Å². The summed E-state index contributed by atoms with van der Waals surface area (Å²) in [6, 6.07) is 5.84. The van der Waals surface area contributed by atoms with Gasteiger partial charge in [-0.05, 0) is 49.4 Å². The zero-order valence-corrected chi connectivity index (χ0v) is 36.3. The number of carbonyl (C=O) groups excluding carboxylic acids is 7. The Hall–Kier alpha value is -8.06. The molecule has 2 aromatic carbocycles. The number of aromatic nitrogens is 2. The van der Waals surface area contributed by atoms with Gasteiger partial charge in [-0.2, -0.15) is 0 Å². The molecule has 0 unspecified atom stereocenters. The quantitative estimate of drug-likeness (QED) is 0.0162. The molecule has 6 atom stereocenters. The van der Waals surface area contributed by atoms with Crippen LogP contribution >= 0.6 is 0 Å². The number of guanidine groups is 1. The van der Waals surface area contributed by atoms with Crippen molar-refractivity contribution in [2.75, 3.05) is 26.2 Å². The molecule has 0 bridgehead atoms. The molecule has 0 fully saturated rings. The molecule has 4 rings (SSSR count). The van der Waals surface area contributed by atoms with Crippen molar-refractivity contribution in [2.45, 2.75) is 75.3 Å². The van der Waals surface area contributed by atoms with E-state index in [0.717, 1.165) is 16.5 Å². The Balaban J connectivity index is 1.29. The van der Waals surface area contributed by atoms with Crippen molar-refractivity contribution in [3.05, 3.63) is 72.1 Å². The maximum atomic E-state index is 13.6. The van der Waals surface area contributed by atoms with Crippen LogP contribution in [0.2, 0.25) is 0 Å². The second-order valence-electron chi connectivity index (χ2n) is 15.3. The molecule has 0 saturated heterocycles. The number of para-hydroxylation sites is 2. The Labute approximate surface area is 381 Å². The number of carboxylic acid groups (broad SMARTS) is 2. The molecule has 25 heteroatoms. The zero-order chi connectivity index (χ0) is 49.2. The normalized spacial score (nSPS) is 13.7. The highest BCUT2D eigenvalue weighted by atomic mass is 16.4. The van der Waals surface area contributed by atoms with E-state index in [2.05, 4.69) is 52.2 Å². The van der Waals surface area contributed by atoms with Gasteiger partial charge in [-0.25, -0.2) is 4.79 Å². The highest BCUT2D eigenvalue weighted by Gasteiger charge is 2.32. The number of nitrogens with two attached hydrogens (primary N) is 3. The van der Waals surface area contributed by atoms with E-state index >= 15 is 0 Å². The minimum atomic E-state index is -1.79. The minimum absolute atomic E-state index is 0.0726. The number of H-pyrrole nitrogens is 2. The first-order valence-electron chi connectivity index (χ1n) is 20.9. The molecule has 7 amide bonds. The molecule has 4 aromatic rings. The maximum Gasteiger partial charge on any atom is 0.326 e. The Kier molecular flexibility index (Phi) is 19.1. The fourth-order valence-corrected chi connectivity index (χ4v) is 6.71. The fraction of sp³-hybridized carbons (Fsp3) is 0.381. The number of amides is 7. The van der Waals surface area contributed by atoms with E-state index in [0.29, 0.717) is 16.5 Å². The zero-order valence-electron chi connectivity index (χ0n) is 36.3. The number of nitrogens with zero attached hydrogens (tertiary/aromatic N) is 1. The lowest BCUT2D eigenvalue weighted by Gasteiger charge is -2.24. The van der Waals surface area contributed by atoms with Gasteiger partial charge in [-0.3, -0.25) is 43.3 Å². The number of rotatable bonds is 26. The van der Waals surface area contributed by atoms with Crippen LogP contribution in [0.5, 0.6) is 0 Å². The molecule has 0 aliphatic heterocycles. The van der Waals surface area contributed by atoms with Crippen LogP contribution in [0, 0.1) is 0 Å². The number of fused-ring (bicyclic) bond motifs is 2. The average Bonchev–Trinajstić information content (AvgIpc) is 3.90. The maximum absolute atomic E-state index is 13.6. The van der Waals surface area contributed by atoms with Crippen molar-refractivity contribution in [2.24, 2.45) is 22.2 Å². The summed E-state index contributed by atoms with van der Waals surface area (Å²) in [5, 5.41) is 46.8. The number of benzene rings is 2. The number of aliphatic hydroxyl groups excluding tert-OH is 1. The van der Waals surface area contributed by atoms with Crippen LogP contribution in [-0.2, 0) is 56.0 Å². The predicted octanol–water partition coefficient (Wildman–Crippen LogP) is -3.96. The molecule has 360 valence electrons. The van der Waals surface area contributed by atoms with Crippen LogP contribution < -0.4 is 54.4 Å². The van der Waals surface area contributed by atoms with Gasteiger partial charge in [0.05, 0.1) is 32.2 Å². The molecule has 18 N–H and O–H groups in total. The summed E-state index contributed by atoms with van der Waals surface area (Å²) < 4.78 is 0. The van der Waals surface area contributed by atoms with Crippen LogP contribution in [0.1, 0.15) is 37.3 Å². The monoisotopic (exact) mass is 933 g/mol. The lowest BCUT2D eigenvalue weighted by molar-refractivity contribution is -0.143. The van der Waals surface area contributed by atoms with Crippen molar-refractivity contribution < 1.29 is 58.5 Å². The van der Waals surface area contributed by atoms with Crippen molar-refractivity contribution in [1.29, 1.82) is 0 Å². The van der Waals surface area contributed by atoms with E-state index < -0.39 is 116 Å². The average molecular weight is 934 g/mol. The first-order chi connectivity index (χ1) is 31.9. The van der Waals surface area contributed by atoms with Gasteiger partial charge in [0, 0.05) is 47.2 Å². The van der Waals surface area contributed by atoms with Gasteiger partial charge in [0.2, 0.25) is 41.4 Å². The number of carboxylic acids is 2. The van der Waals surface area contributed by atoms with Crippen molar-refractivity contribution in [3.63, 3.8) is 0 Å². The van der Waals surface area contributed by atoms with E-state index in [1.807, 2.05) is 24.3 Å². The smallest absolute Gasteiger partial charge is 0.326 e. The molecule has 0 spiro atoms. The number of carbonyl (C=O) groups is 9. The van der Waals surface area contributed by atoms with E-state index in [4.69, 9.17) is 17.2 Å². The fourth-order valence-electron chi connectivity index (χ4n) is 6.71. The van der Waals surface area contributed by atoms with Gasteiger partial charge in [-0.15, -0.1) is 0 Å². The second kappa shape index (κ2) is 24.9. The van der Waals surface area contributed by atoms with Crippen molar-refractivity contribution in [1.82, 2.24) is 47.2 Å². The van der Waals surface area contributed by atoms with E-state index in [9.17, 15) is 58.5 Å². The summed E-state index contributed by atoms with van der Waals surface area (Å²) in [7, 11) is 0. The van der Waals surface area contributed by atoms with Crippen LogP contribution in [0.25, 0.3) is 21.8 Å². The first kappa shape index (κ1) is 51.6. The summed E-state index contributed by atoms with van der Waals surface area (Å²) in [5.41, 5.74) is 19.6. The molecular weight excluding hydrogens is 879 g/mol. The number of hydrogen-bond acceptors (Lipinski definition) is 12. The number of aliphatic imine (C=N–C) groups is 1. The van der Waals surface area contributed by atoms with E-state index in [1.54, 1.807) is 36.7 Å². The molecule has 25 nitrogen and oxygen atoms in total. The molecule has 67 heavy (non-hydrogen) atoms. The topological polar surface area (TPSA) is 421 Å². The van der Waals surface area contributed by atoms with Gasteiger partial charge in [-0.1, -0.05) is 36.4 Å². The molecular formula is C42H55N13O12. The molecule has 0 aliphatic rings. The number of nitrogens with one attached hydrogen (secondary N) is 9. The molecule has 2 aromatic heterocycles. The number of aromatic amines is 2.